The van der Waals surface area contributed by atoms with Gasteiger partial charge in [-0.15, -0.1) is 0 Å². The molecule has 4 heteroatoms. The fraction of sp³-hybridized carbons (Fsp3) is 0.286. The van der Waals surface area contributed by atoms with E-state index in [1.54, 1.807) is 48.5 Å². The van der Waals surface area contributed by atoms with Crippen LogP contribution in [0, 0.1) is 5.92 Å². The summed E-state index contributed by atoms with van der Waals surface area (Å²) in [7, 11) is 0. The second kappa shape index (κ2) is 11.3. The van der Waals surface area contributed by atoms with Gasteiger partial charge in [-0.2, -0.15) is 0 Å². The smallest absolute Gasteiger partial charge is 0.343 e. The first kappa shape index (κ1) is 23.3. The number of aryl methyl sites for hydroxylation is 1. The summed E-state index contributed by atoms with van der Waals surface area (Å²) in [6, 6.07) is 21.7. The highest BCUT2D eigenvalue weighted by Gasteiger charge is 2.23. The van der Waals surface area contributed by atoms with Gasteiger partial charge in [-0.3, -0.25) is 0 Å². The predicted molar refractivity (Wildman–Crippen MR) is 126 cm³/mol. The molecule has 0 spiro atoms. The molecule has 0 aliphatic heterocycles. The number of unbranched alkanes of at least 4 members (excludes halogenated alkanes) is 1. The molecule has 0 fully saturated rings. The number of rotatable bonds is 9. The van der Waals surface area contributed by atoms with Crippen molar-refractivity contribution in [3.8, 4) is 11.5 Å². The highest BCUT2D eigenvalue weighted by molar-refractivity contribution is 5.93. The van der Waals surface area contributed by atoms with Crippen LogP contribution < -0.4 is 9.47 Å². The lowest BCUT2D eigenvalue weighted by Gasteiger charge is -2.19. The van der Waals surface area contributed by atoms with E-state index < -0.39 is 11.9 Å². The number of hydrogen-bond acceptors (Lipinski definition) is 4. The van der Waals surface area contributed by atoms with Crippen molar-refractivity contribution in [3.63, 3.8) is 0 Å². The van der Waals surface area contributed by atoms with E-state index in [1.807, 2.05) is 24.3 Å². The SMILES string of the molecule is CCCCc1ccc(CC(C)C)c(OC(=O)c2ccccc2)c1OC(=O)c1ccccc1. The molecule has 0 aliphatic carbocycles. The van der Waals surface area contributed by atoms with Crippen molar-refractivity contribution in [2.45, 2.75) is 46.5 Å². The molecule has 3 rings (SSSR count). The van der Waals surface area contributed by atoms with Gasteiger partial charge in [0.25, 0.3) is 0 Å². The molecule has 0 radical (unpaired) electrons. The van der Waals surface area contributed by atoms with Crippen LogP contribution in [0.4, 0.5) is 0 Å². The van der Waals surface area contributed by atoms with E-state index in [0.29, 0.717) is 35.0 Å². The summed E-state index contributed by atoms with van der Waals surface area (Å²) in [6.07, 6.45) is 3.36. The summed E-state index contributed by atoms with van der Waals surface area (Å²) in [6.45, 7) is 6.31. The molecule has 166 valence electrons. The molecule has 0 bridgehead atoms. The van der Waals surface area contributed by atoms with Crippen molar-refractivity contribution in [1.82, 2.24) is 0 Å². The molecular formula is C28H30O4. The maximum atomic E-state index is 12.9. The molecule has 0 unspecified atom stereocenters. The molecule has 0 aromatic heterocycles. The van der Waals surface area contributed by atoms with Gasteiger partial charge in [-0.25, -0.2) is 9.59 Å². The first-order chi connectivity index (χ1) is 15.5. The summed E-state index contributed by atoms with van der Waals surface area (Å²) in [5.74, 6) is 0.0748. The van der Waals surface area contributed by atoms with Crippen LogP contribution in [0.2, 0.25) is 0 Å². The lowest BCUT2D eigenvalue weighted by Crippen LogP contribution is -2.16. The lowest BCUT2D eigenvalue weighted by atomic mass is 9.97. The zero-order valence-corrected chi connectivity index (χ0v) is 19.0. The summed E-state index contributed by atoms with van der Waals surface area (Å²) in [4.78, 5) is 25.8. The number of ether oxygens (including phenoxy) is 2. The van der Waals surface area contributed by atoms with Gasteiger partial charge in [0.15, 0.2) is 11.5 Å². The van der Waals surface area contributed by atoms with Gasteiger partial charge in [0.05, 0.1) is 11.1 Å². The summed E-state index contributed by atoms with van der Waals surface area (Å²) < 4.78 is 11.8. The van der Waals surface area contributed by atoms with Gasteiger partial charge in [0, 0.05) is 0 Å². The van der Waals surface area contributed by atoms with Crippen LogP contribution in [0.5, 0.6) is 11.5 Å². The third kappa shape index (κ3) is 6.07. The standard InChI is InChI=1S/C28H30O4/c1-4-5-12-21-17-18-24(19-20(2)3)26(32-28(30)23-15-10-7-11-16-23)25(21)31-27(29)22-13-8-6-9-14-22/h6-11,13-18,20H,4-5,12,19H2,1-3H3. The van der Waals surface area contributed by atoms with Crippen molar-refractivity contribution in [2.75, 3.05) is 0 Å². The highest BCUT2D eigenvalue weighted by atomic mass is 16.6. The largest absolute Gasteiger partial charge is 0.419 e. The molecule has 0 saturated heterocycles. The lowest BCUT2D eigenvalue weighted by molar-refractivity contribution is 0.0679. The van der Waals surface area contributed by atoms with Gasteiger partial charge in [0.1, 0.15) is 0 Å². The van der Waals surface area contributed by atoms with Gasteiger partial charge >= 0.3 is 11.9 Å². The zero-order chi connectivity index (χ0) is 22.9. The second-order valence-electron chi connectivity index (χ2n) is 8.25. The maximum absolute atomic E-state index is 12.9. The van der Waals surface area contributed by atoms with E-state index in [-0.39, 0.29) is 0 Å². The Balaban J connectivity index is 2.06. The second-order valence-corrected chi connectivity index (χ2v) is 8.25. The average molecular weight is 431 g/mol. The quantitative estimate of drug-likeness (QED) is 0.281. The zero-order valence-electron chi connectivity index (χ0n) is 19.0. The van der Waals surface area contributed by atoms with Gasteiger partial charge in [-0.05, 0) is 60.6 Å². The van der Waals surface area contributed by atoms with Crippen LogP contribution >= 0.6 is 0 Å². The summed E-state index contributed by atoms with van der Waals surface area (Å²) in [5, 5.41) is 0. The Hall–Kier alpha value is -3.40. The molecule has 3 aromatic carbocycles. The van der Waals surface area contributed by atoms with Crippen molar-refractivity contribution in [3.05, 3.63) is 95.1 Å². The van der Waals surface area contributed by atoms with E-state index in [4.69, 9.17) is 9.47 Å². The number of benzene rings is 3. The van der Waals surface area contributed by atoms with E-state index in [1.165, 1.54) is 0 Å². The molecule has 0 atom stereocenters. The first-order valence-corrected chi connectivity index (χ1v) is 11.2. The Morgan fingerprint density at radius 3 is 1.66 bits per heavy atom. The highest BCUT2D eigenvalue weighted by Crippen LogP contribution is 2.38. The van der Waals surface area contributed by atoms with Crippen LogP contribution in [-0.4, -0.2) is 11.9 Å². The fourth-order valence-electron chi connectivity index (χ4n) is 3.48. The van der Waals surface area contributed by atoms with E-state index >= 15 is 0 Å². The number of carbonyl (C=O) groups is 2. The van der Waals surface area contributed by atoms with Crippen molar-refractivity contribution < 1.29 is 19.1 Å². The van der Waals surface area contributed by atoms with Crippen molar-refractivity contribution in [2.24, 2.45) is 5.92 Å². The van der Waals surface area contributed by atoms with Crippen LogP contribution in [0.15, 0.2) is 72.8 Å². The molecule has 0 heterocycles. The van der Waals surface area contributed by atoms with Gasteiger partial charge in [-0.1, -0.05) is 75.7 Å². The van der Waals surface area contributed by atoms with Gasteiger partial charge < -0.3 is 9.47 Å². The minimum Gasteiger partial charge on any atom is -0.419 e. The Kier molecular flexibility index (Phi) is 8.20. The molecule has 32 heavy (non-hydrogen) atoms. The van der Waals surface area contributed by atoms with Crippen molar-refractivity contribution in [1.29, 1.82) is 0 Å². The molecule has 0 N–H and O–H groups in total. The molecule has 3 aromatic rings. The molecular weight excluding hydrogens is 400 g/mol. The Bertz CT molecular complexity index is 1040. The Labute approximate surface area is 190 Å². The first-order valence-electron chi connectivity index (χ1n) is 11.2. The normalized spacial score (nSPS) is 10.8. The van der Waals surface area contributed by atoms with Gasteiger partial charge in [0.2, 0.25) is 0 Å². The third-order valence-electron chi connectivity index (χ3n) is 5.11. The number of hydrogen-bond donors (Lipinski definition) is 0. The molecule has 0 saturated carbocycles. The molecule has 4 nitrogen and oxygen atoms in total. The molecule has 0 amide bonds. The van der Waals surface area contributed by atoms with E-state index in [2.05, 4.69) is 20.8 Å². The maximum Gasteiger partial charge on any atom is 0.343 e. The van der Waals surface area contributed by atoms with E-state index in [0.717, 1.165) is 30.4 Å². The summed E-state index contributed by atoms with van der Waals surface area (Å²) >= 11 is 0. The van der Waals surface area contributed by atoms with Crippen LogP contribution in [-0.2, 0) is 12.8 Å². The minimum atomic E-state index is -0.472. The van der Waals surface area contributed by atoms with E-state index in [9.17, 15) is 9.59 Å². The average Bonchev–Trinajstić information content (AvgIpc) is 2.81. The third-order valence-corrected chi connectivity index (χ3v) is 5.11. The van der Waals surface area contributed by atoms with Crippen molar-refractivity contribution >= 4 is 11.9 Å². The minimum absolute atomic E-state index is 0.336. The Morgan fingerprint density at radius 1 is 0.719 bits per heavy atom. The molecule has 0 aliphatic rings. The Morgan fingerprint density at radius 2 is 1.19 bits per heavy atom. The van der Waals surface area contributed by atoms with Crippen LogP contribution in [0.1, 0.15) is 65.5 Å². The monoisotopic (exact) mass is 430 g/mol. The van der Waals surface area contributed by atoms with Crippen LogP contribution in [0.25, 0.3) is 0 Å². The fourth-order valence-corrected chi connectivity index (χ4v) is 3.48. The number of esters is 2. The number of carbonyl (C=O) groups excluding carboxylic acids is 2. The van der Waals surface area contributed by atoms with Crippen LogP contribution in [0.3, 0.4) is 0 Å². The summed E-state index contributed by atoms with van der Waals surface area (Å²) in [5.41, 5.74) is 2.60. The topological polar surface area (TPSA) is 52.6 Å². The predicted octanol–water partition coefficient (Wildman–Crippen LogP) is 6.67.